The van der Waals surface area contributed by atoms with E-state index in [-0.39, 0.29) is 53.5 Å². The van der Waals surface area contributed by atoms with E-state index in [0.29, 0.717) is 102 Å². The van der Waals surface area contributed by atoms with Crippen LogP contribution in [0.15, 0.2) is 243 Å². The first kappa shape index (κ1) is 108. The van der Waals surface area contributed by atoms with E-state index in [0.717, 1.165) is 81.6 Å². The highest BCUT2D eigenvalue weighted by atomic mass is 15.4. The average Bonchev–Trinajstić information content (AvgIpc) is 0.887. The summed E-state index contributed by atoms with van der Waals surface area (Å²) in [6, 6.07) is 80.8. The summed E-state index contributed by atoms with van der Waals surface area (Å²) in [5.41, 5.74) is 59.7. The minimum atomic E-state index is 0.150. The van der Waals surface area contributed by atoms with Crippen molar-refractivity contribution in [2.24, 2.45) is 0 Å². The molecule has 0 aliphatic carbocycles. The van der Waals surface area contributed by atoms with E-state index < -0.39 is 0 Å². The third-order valence-corrected chi connectivity index (χ3v) is 19.5. The van der Waals surface area contributed by atoms with Crippen molar-refractivity contribution in [3.63, 3.8) is 0 Å². The summed E-state index contributed by atoms with van der Waals surface area (Å²) in [5, 5.41) is 32.3. The lowest BCUT2D eigenvalue weighted by molar-refractivity contribution is 0.764. The van der Waals surface area contributed by atoms with Crippen LogP contribution >= 0.6 is 0 Å². The second-order valence-corrected chi connectivity index (χ2v) is 30.3. The molecule has 0 radical (unpaired) electrons. The molecule has 0 saturated heterocycles. The fourth-order valence-corrected chi connectivity index (χ4v) is 12.4. The highest BCUT2D eigenvalue weighted by Gasteiger charge is 2.16. The Balaban J connectivity index is 0.000000182. The van der Waals surface area contributed by atoms with Crippen molar-refractivity contribution in [3.05, 3.63) is 276 Å². The highest BCUT2D eigenvalue weighted by molar-refractivity contribution is 5.59. The molecule has 48 heteroatoms. The van der Waals surface area contributed by atoms with E-state index in [4.69, 9.17) is 51.6 Å². The summed E-state index contributed by atoms with van der Waals surface area (Å²) in [6.07, 6.45) is 5.88. The van der Waals surface area contributed by atoms with Gasteiger partial charge >= 0.3 is 0 Å². The van der Waals surface area contributed by atoms with Crippen LogP contribution in [0.5, 0.6) is 0 Å². The molecule has 16 rings (SSSR count). The van der Waals surface area contributed by atoms with Crippen LogP contribution in [0, 0.1) is 0 Å². The number of para-hydroxylation sites is 2. The molecule has 0 bridgehead atoms. The third-order valence-electron chi connectivity index (χ3n) is 19.5. The molecule has 29 N–H and O–H groups in total. The van der Waals surface area contributed by atoms with Crippen LogP contribution in [0.4, 0.5) is 154 Å². The van der Waals surface area contributed by atoms with Gasteiger partial charge in [-0.3, -0.25) is 0 Å². The zero-order valence-corrected chi connectivity index (χ0v) is 81.8. The predicted octanol–water partition coefficient (Wildman–Crippen LogP) is 9.71. The molecule has 0 amide bonds. The molecule has 0 atom stereocenters. The number of hydrogen-bond donors (Lipinski definition) is 20. The molecule has 8 heterocycles. The summed E-state index contributed by atoms with van der Waals surface area (Å²) in [4.78, 5) is 105. The van der Waals surface area contributed by atoms with Gasteiger partial charge in [-0.1, -0.05) is 218 Å². The van der Waals surface area contributed by atoms with E-state index in [1.54, 1.807) is 49.3 Å². The van der Waals surface area contributed by atoms with Crippen LogP contribution < -0.4 is 130 Å². The number of anilines is 26. The first-order valence-electron chi connectivity index (χ1n) is 45.2. The molecule has 143 heavy (non-hydrogen) atoms. The van der Waals surface area contributed by atoms with Crippen molar-refractivity contribution >= 4 is 154 Å². The lowest BCUT2D eigenvalue weighted by Gasteiger charge is -2.17. The lowest BCUT2D eigenvalue weighted by Crippen LogP contribution is -2.23. The van der Waals surface area contributed by atoms with Gasteiger partial charge in [0.1, 0.15) is 0 Å². The van der Waals surface area contributed by atoms with Gasteiger partial charge in [-0.15, -0.1) is 0 Å². The number of rotatable bonds is 35. The van der Waals surface area contributed by atoms with Gasteiger partial charge in [0.2, 0.25) is 143 Å². The number of benzene rings is 8. The maximum Gasteiger partial charge on any atom is 0.236 e. The fourth-order valence-electron chi connectivity index (χ4n) is 12.4. The van der Waals surface area contributed by atoms with Crippen molar-refractivity contribution in [3.8, 4) is 0 Å². The van der Waals surface area contributed by atoms with Crippen LogP contribution in [-0.2, 0) is 38.8 Å². The SMILES string of the molecule is CN(CCCc1ccccc1)c1nc(N)nc(N)n1.CNc1nc(N)nc(N(C)CCc2ccccc2)n1.CNc1nc(N)nc(N(C)Cc2ccccc2)n1.CNc1nc(N)nc(N(C)c2ccccc2)n1.CNc1nc(N)nc(NCCCc2ccccc2)n1.CNc1nc(N)nc(NCCc2ccccc2)n1.CNc1nc(N)nc(NCc2ccccc2)n1.CNc1nc(N)nc(Nc2ccccc2)n1. The molecule has 8 aromatic carbocycles. The smallest absolute Gasteiger partial charge is 0.236 e. The normalized spacial score (nSPS) is 10.1. The number of likely N-dealkylation sites (N-methyl/N-ethyl adjacent to an activating group) is 1. The van der Waals surface area contributed by atoms with E-state index in [1.165, 1.54) is 27.8 Å². The van der Waals surface area contributed by atoms with E-state index in [9.17, 15) is 0 Å². The number of nitrogen functional groups attached to an aromatic ring is 9. The first-order chi connectivity index (χ1) is 69.3. The molecule has 0 aliphatic rings. The van der Waals surface area contributed by atoms with Gasteiger partial charge in [0.05, 0.1) is 0 Å². The van der Waals surface area contributed by atoms with E-state index in [2.05, 4.69) is 251 Å². The van der Waals surface area contributed by atoms with Crippen molar-refractivity contribution in [2.75, 3.05) is 233 Å². The summed E-state index contributed by atoms with van der Waals surface area (Å²) < 4.78 is 0. The second kappa shape index (κ2) is 59.1. The minimum Gasteiger partial charge on any atom is -0.368 e. The Hall–Kier alpha value is -19.0. The van der Waals surface area contributed by atoms with Crippen molar-refractivity contribution in [1.29, 1.82) is 0 Å². The zero-order chi connectivity index (χ0) is 102. The molecule has 0 fully saturated rings. The van der Waals surface area contributed by atoms with Crippen LogP contribution in [0.2, 0.25) is 0 Å². The topological polar surface area (TPSA) is 689 Å². The summed E-state index contributed by atoms with van der Waals surface area (Å²) in [5.74, 6) is 8.97. The molecule has 0 aliphatic heterocycles. The third kappa shape index (κ3) is 40.1. The van der Waals surface area contributed by atoms with Gasteiger partial charge in [-0.25, -0.2) is 0 Å². The Bertz CT molecular complexity index is 6310. The van der Waals surface area contributed by atoms with E-state index >= 15 is 0 Å². The Kier molecular flexibility index (Phi) is 44.5. The minimum absolute atomic E-state index is 0.150. The summed E-state index contributed by atoms with van der Waals surface area (Å²) >= 11 is 0. The monoisotopic (exact) mass is 1940 g/mol. The van der Waals surface area contributed by atoms with Crippen LogP contribution in [0.1, 0.15) is 46.2 Å². The highest BCUT2D eigenvalue weighted by Crippen LogP contribution is 2.23. The molecule has 0 saturated carbocycles. The molecule has 16 aromatic rings. The maximum atomic E-state index is 5.65. The zero-order valence-electron chi connectivity index (χ0n) is 81.8. The molecule has 0 unspecified atom stereocenters. The number of hydrogen-bond acceptors (Lipinski definition) is 48. The fraction of sp³-hybridized carbons (Fsp3) is 0.242. The van der Waals surface area contributed by atoms with E-state index in [1.807, 2.05) is 218 Å². The molecular weight excluding hydrogens is 1810 g/mol. The maximum absolute atomic E-state index is 5.65. The molecular formula is C95H126N48. The number of nitrogens with zero attached hydrogens (tertiary/aromatic N) is 28. The lowest BCUT2D eigenvalue weighted by atomic mass is 10.1. The Labute approximate surface area is 830 Å². The van der Waals surface area contributed by atoms with Crippen LogP contribution in [-0.4, -0.2) is 223 Å². The molecule has 8 aromatic heterocycles. The van der Waals surface area contributed by atoms with Crippen LogP contribution in [0.3, 0.4) is 0 Å². The first-order valence-corrected chi connectivity index (χ1v) is 45.2. The van der Waals surface area contributed by atoms with Gasteiger partial charge in [-0.2, -0.15) is 120 Å². The Morgan fingerprint density at radius 1 is 0.217 bits per heavy atom. The number of nitrogens with two attached hydrogens (primary N) is 9. The van der Waals surface area contributed by atoms with Crippen molar-refractivity contribution in [2.45, 2.75) is 51.6 Å². The predicted molar refractivity (Wildman–Crippen MR) is 575 cm³/mol. The van der Waals surface area contributed by atoms with Crippen molar-refractivity contribution < 1.29 is 0 Å². The number of aromatic nitrogens is 24. The molecule has 746 valence electrons. The second-order valence-electron chi connectivity index (χ2n) is 30.3. The van der Waals surface area contributed by atoms with Gasteiger partial charge in [-0.05, 0) is 96.2 Å². The number of nitrogens with one attached hydrogen (secondary N) is 11. The summed E-state index contributed by atoms with van der Waals surface area (Å²) in [7, 11) is 19.8. The Morgan fingerprint density at radius 3 is 0.895 bits per heavy atom. The average molecular weight is 1940 g/mol. The quantitative estimate of drug-likeness (QED) is 0.0164. The van der Waals surface area contributed by atoms with Gasteiger partial charge in [0, 0.05) is 128 Å². The van der Waals surface area contributed by atoms with Gasteiger partial charge in [0.25, 0.3) is 0 Å². The van der Waals surface area contributed by atoms with Gasteiger partial charge < -0.3 is 130 Å². The number of aryl methyl sites for hydroxylation is 2. The van der Waals surface area contributed by atoms with Crippen molar-refractivity contribution in [1.82, 2.24) is 120 Å². The summed E-state index contributed by atoms with van der Waals surface area (Å²) in [6.45, 7) is 4.55. The largest absolute Gasteiger partial charge is 0.368 e. The van der Waals surface area contributed by atoms with Crippen LogP contribution in [0.25, 0.3) is 0 Å². The Morgan fingerprint density at radius 2 is 0.490 bits per heavy atom. The standard InChI is InChI=1S/3C13H18N6.2C12H16N6.2C11H14N6.C10H12N6/c1-15-12-16-11(14)17-13(18-12)19(2)9-8-10-6-4-3-5-7-10;1-19(13-17-11(14)16-12(15)18-13)9-5-8-10-6-3-2-4-7-10;1-15-12-17-11(14)18-13(19-12)16-9-5-8-10-6-3-2-4-7-10;1-14-11-15-10(13)16-12(17-11)18(2)8-9-6-4-3-5-7-9;1-14-11-16-10(13)17-12(18-11)15-8-7-9-5-3-2-4-6-9;1-13-10-14-9(12)15-11(16-10)17(2)8-6-4-3-5-7-8;1-13-10-15-9(12)16-11(17-10)14-7-8-5-3-2-4-6-8;1-12-9-14-8(11)15-10(16-9)13-7-5-3-2-4-6-7/h3-7H,8-9H2,1-2H3,(H3,14,15,16,17,18);2-4,6-7H,5,8-9H2,1H3,(H4,14,15,16,17,18);2-4,6-7H,5,8-9H2,1H3,(H4,14,15,16,17,18,19);3-7H,8H2,1-2H3,(H3,13,14,15,16,17);2-6H,7-8H2,1H3,(H4,13,14,15,16,17,18);3-7H,1-2H3,(H3,12,13,14,15,16);2-6H,7H2,1H3,(H4,12,13,14,15,16,17);2-6H,1H3,(H4,11,12,13,14,15,16). The molecule has 48 nitrogen and oxygen atoms in total. The van der Waals surface area contributed by atoms with Gasteiger partial charge in [0.15, 0.2) is 0 Å². The molecule has 0 spiro atoms.